The van der Waals surface area contributed by atoms with Crippen LogP contribution in [0, 0.1) is 0 Å². The molecule has 200 valence electrons. The van der Waals surface area contributed by atoms with Gasteiger partial charge in [0, 0.05) is 24.0 Å². The van der Waals surface area contributed by atoms with E-state index < -0.39 is 30.3 Å². The number of hydrogen-bond acceptors (Lipinski definition) is 5. The number of amides is 1. The highest BCUT2D eigenvalue weighted by Crippen LogP contribution is 2.44. The van der Waals surface area contributed by atoms with Crippen molar-refractivity contribution in [1.82, 2.24) is 9.47 Å². The summed E-state index contributed by atoms with van der Waals surface area (Å²) >= 11 is 0. The average Bonchev–Trinajstić information content (AvgIpc) is 3.45. The molecule has 0 radical (unpaired) electrons. The number of nitrogens with zero attached hydrogens (tertiary/aromatic N) is 2. The number of aliphatic carboxylic acids is 1. The molecule has 1 amide bonds. The second-order valence-corrected chi connectivity index (χ2v) is 10.6. The molecule has 1 aromatic heterocycles. The van der Waals surface area contributed by atoms with E-state index in [2.05, 4.69) is 12.1 Å². The maximum Gasteiger partial charge on any atom is 0.418 e. The molecule has 0 unspecified atom stereocenters. The number of carbonyl (C=O) groups is 3. The van der Waals surface area contributed by atoms with Crippen LogP contribution in [0.3, 0.4) is 0 Å². The van der Waals surface area contributed by atoms with Crippen LogP contribution in [0.15, 0.2) is 79.0 Å². The number of carbonyl (C=O) groups excluding carboxylic acids is 2. The van der Waals surface area contributed by atoms with Crippen LogP contribution in [0.5, 0.6) is 0 Å². The van der Waals surface area contributed by atoms with Gasteiger partial charge < -0.3 is 14.6 Å². The smallest absolute Gasteiger partial charge is 0.418 e. The molecule has 4 aromatic rings. The van der Waals surface area contributed by atoms with Gasteiger partial charge in [-0.15, -0.1) is 0 Å². The summed E-state index contributed by atoms with van der Waals surface area (Å²) in [5.41, 5.74) is 5.12. The minimum atomic E-state index is -1.14. The number of ether oxygens (including phenoxy) is 2. The van der Waals surface area contributed by atoms with Crippen molar-refractivity contribution >= 4 is 29.1 Å². The Morgan fingerprint density at radius 2 is 1.56 bits per heavy atom. The Kier molecular flexibility index (Phi) is 6.87. The number of rotatable bonds is 6. The van der Waals surface area contributed by atoms with Gasteiger partial charge in [-0.05, 0) is 66.8 Å². The Morgan fingerprint density at radius 3 is 2.18 bits per heavy atom. The van der Waals surface area contributed by atoms with E-state index in [1.54, 1.807) is 45.2 Å². The van der Waals surface area contributed by atoms with E-state index in [4.69, 9.17) is 9.47 Å². The molecule has 3 aromatic carbocycles. The lowest BCUT2D eigenvalue weighted by atomic mass is 9.98. The second-order valence-electron chi connectivity index (χ2n) is 10.6. The second kappa shape index (κ2) is 10.3. The van der Waals surface area contributed by atoms with Crippen molar-refractivity contribution in [2.45, 2.75) is 38.8 Å². The van der Waals surface area contributed by atoms with Gasteiger partial charge in [0.05, 0.1) is 5.52 Å². The maximum atomic E-state index is 13.1. The highest BCUT2D eigenvalue weighted by Gasteiger charge is 2.30. The number of carboxylic acids is 1. The Bertz CT molecular complexity index is 1520. The number of benzene rings is 3. The van der Waals surface area contributed by atoms with Crippen LogP contribution in [0.4, 0.5) is 9.59 Å². The predicted octanol–water partition coefficient (Wildman–Crippen LogP) is 6.26. The monoisotopic (exact) mass is 526 g/mol. The van der Waals surface area contributed by atoms with Crippen LogP contribution in [0.1, 0.15) is 43.4 Å². The fourth-order valence-electron chi connectivity index (χ4n) is 5.01. The molecule has 8 nitrogen and oxygen atoms in total. The van der Waals surface area contributed by atoms with Crippen molar-refractivity contribution in [2.24, 2.45) is 0 Å². The largest absolute Gasteiger partial charge is 0.480 e. The van der Waals surface area contributed by atoms with Gasteiger partial charge in [-0.25, -0.2) is 9.59 Å². The van der Waals surface area contributed by atoms with E-state index in [1.165, 1.54) is 9.47 Å². The van der Waals surface area contributed by atoms with Crippen molar-refractivity contribution in [3.8, 4) is 11.1 Å². The Labute approximate surface area is 226 Å². The van der Waals surface area contributed by atoms with Gasteiger partial charge in [0.15, 0.2) is 0 Å². The van der Waals surface area contributed by atoms with Crippen molar-refractivity contribution in [1.29, 1.82) is 0 Å². The van der Waals surface area contributed by atoms with Gasteiger partial charge in [0.25, 0.3) is 0 Å². The summed E-state index contributed by atoms with van der Waals surface area (Å²) in [5, 5.41) is 10.2. The number of hydrogen-bond donors (Lipinski definition) is 1. The third-order valence-corrected chi connectivity index (χ3v) is 6.64. The molecule has 0 atom stereocenters. The van der Waals surface area contributed by atoms with Crippen LogP contribution in [-0.4, -0.2) is 51.5 Å². The van der Waals surface area contributed by atoms with Crippen LogP contribution >= 0.6 is 0 Å². The van der Waals surface area contributed by atoms with Crippen LogP contribution < -0.4 is 0 Å². The molecular formula is C31H30N2O6. The molecule has 1 aliphatic carbocycles. The zero-order valence-corrected chi connectivity index (χ0v) is 22.1. The maximum absolute atomic E-state index is 13.1. The Balaban J connectivity index is 1.32. The minimum absolute atomic E-state index is 0.0382. The number of fused-ring (bicyclic) bond motifs is 4. The molecule has 0 saturated carbocycles. The summed E-state index contributed by atoms with van der Waals surface area (Å²) in [6, 6.07) is 23.2. The number of aromatic nitrogens is 1. The van der Waals surface area contributed by atoms with Gasteiger partial charge in [-0.1, -0.05) is 54.6 Å². The van der Waals surface area contributed by atoms with Gasteiger partial charge >= 0.3 is 18.2 Å². The third-order valence-electron chi connectivity index (χ3n) is 6.64. The van der Waals surface area contributed by atoms with Crippen molar-refractivity contribution in [3.05, 3.63) is 95.7 Å². The third kappa shape index (κ3) is 5.50. The van der Waals surface area contributed by atoms with E-state index in [-0.39, 0.29) is 19.1 Å². The molecule has 0 spiro atoms. The van der Waals surface area contributed by atoms with E-state index in [1.807, 2.05) is 42.5 Å². The molecule has 1 aliphatic rings. The lowest BCUT2D eigenvalue weighted by Gasteiger charge is -2.22. The summed E-state index contributed by atoms with van der Waals surface area (Å²) in [5.74, 6) is -1.27. The molecule has 1 N–H and O–H groups in total. The topological polar surface area (TPSA) is 98.1 Å². The molecule has 8 heteroatoms. The standard InChI is InChI=1S/C31H30N2O6/c1-31(2,3)39-30(37)33-15-14-21-16-20(12-13-27(21)33)17-32(18-28(34)35)29(36)38-19-26-24-10-6-4-8-22(24)23-9-5-7-11-25(23)26/h4-16,26H,17-19H2,1-3H3,(H,34,35). The van der Waals surface area contributed by atoms with Gasteiger partial charge in [0.2, 0.25) is 0 Å². The van der Waals surface area contributed by atoms with Crippen molar-refractivity contribution in [3.63, 3.8) is 0 Å². The molecule has 0 fully saturated rings. The zero-order valence-electron chi connectivity index (χ0n) is 22.1. The summed E-state index contributed by atoms with van der Waals surface area (Å²) in [4.78, 5) is 38.4. The molecule has 0 bridgehead atoms. The van der Waals surface area contributed by atoms with E-state index in [0.29, 0.717) is 11.1 Å². The zero-order chi connectivity index (χ0) is 27.7. The van der Waals surface area contributed by atoms with E-state index in [0.717, 1.165) is 27.6 Å². The highest BCUT2D eigenvalue weighted by atomic mass is 16.6. The first-order valence-corrected chi connectivity index (χ1v) is 12.8. The van der Waals surface area contributed by atoms with Gasteiger partial charge in [0.1, 0.15) is 18.8 Å². The normalized spacial score (nSPS) is 12.6. The van der Waals surface area contributed by atoms with Gasteiger partial charge in [-0.2, -0.15) is 0 Å². The SMILES string of the molecule is CC(C)(C)OC(=O)n1ccc2cc(CN(CC(=O)O)C(=O)OCC3c4ccccc4-c4ccccc43)ccc21. The summed E-state index contributed by atoms with van der Waals surface area (Å²) < 4.78 is 12.6. The first kappa shape index (κ1) is 26.0. The summed E-state index contributed by atoms with van der Waals surface area (Å²) in [7, 11) is 0. The molecular weight excluding hydrogens is 496 g/mol. The highest BCUT2D eigenvalue weighted by molar-refractivity contribution is 5.90. The first-order chi connectivity index (χ1) is 18.6. The predicted molar refractivity (Wildman–Crippen MR) is 147 cm³/mol. The minimum Gasteiger partial charge on any atom is -0.480 e. The van der Waals surface area contributed by atoms with Crippen LogP contribution in [0.25, 0.3) is 22.0 Å². The Morgan fingerprint density at radius 1 is 0.923 bits per heavy atom. The first-order valence-electron chi connectivity index (χ1n) is 12.8. The van der Waals surface area contributed by atoms with Crippen LogP contribution in [-0.2, 0) is 20.8 Å². The number of carboxylic acid groups (broad SMARTS) is 1. The van der Waals surface area contributed by atoms with Crippen LogP contribution in [0.2, 0.25) is 0 Å². The lowest BCUT2D eigenvalue weighted by Crippen LogP contribution is -2.36. The molecule has 5 rings (SSSR count). The average molecular weight is 527 g/mol. The molecule has 1 heterocycles. The summed E-state index contributed by atoms with van der Waals surface area (Å²) in [6.45, 7) is 5.03. The van der Waals surface area contributed by atoms with E-state index >= 15 is 0 Å². The van der Waals surface area contributed by atoms with Gasteiger partial charge in [-0.3, -0.25) is 14.3 Å². The molecule has 0 aliphatic heterocycles. The summed E-state index contributed by atoms with van der Waals surface area (Å²) in [6.07, 6.45) is 0.436. The van der Waals surface area contributed by atoms with Crippen molar-refractivity contribution < 1.29 is 29.0 Å². The quantitative estimate of drug-likeness (QED) is 0.318. The fourth-order valence-corrected chi connectivity index (χ4v) is 5.01. The van der Waals surface area contributed by atoms with Crippen molar-refractivity contribution in [2.75, 3.05) is 13.2 Å². The van der Waals surface area contributed by atoms with E-state index in [9.17, 15) is 19.5 Å². The lowest BCUT2D eigenvalue weighted by molar-refractivity contribution is -0.138. The fraction of sp³-hybridized carbons (Fsp3) is 0.258. The molecule has 39 heavy (non-hydrogen) atoms. The molecule has 0 saturated heterocycles. The Hall–Kier alpha value is -4.59.